The van der Waals surface area contributed by atoms with Gasteiger partial charge in [-0.1, -0.05) is 35.7 Å². The summed E-state index contributed by atoms with van der Waals surface area (Å²) in [6, 6.07) is 13.1. The Bertz CT molecular complexity index is 1040. The number of non-ortho nitro benzene ring substituents is 1. The second-order valence-electron chi connectivity index (χ2n) is 6.32. The van der Waals surface area contributed by atoms with Gasteiger partial charge in [0.2, 0.25) is 5.91 Å². The van der Waals surface area contributed by atoms with E-state index in [1.165, 1.54) is 52.7 Å². The molecule has 0 unspecified atom stereocenters. The van der Waals surface area contributed by atoms with Gasteiger partial charge in [-0.15, -0.1) is 0 Å². The number of para-hydroxylation sites is 1. The van der Waals surface area contributed by atoms with Gasteiger partial charge in [0.1, 0.15) is 6.61 Å². The molecule has 2 aliphatic heterocycles. The van der Waals surface area contributed by atoms with Gasteiger partial charge >= 0.3 is 5.97 Å². The number of esters is 1. The first-order valence-corrected chi connectivity index (χ1v) is 10.3. The van der Waals surface area contributed by atoms with Crippen LogP contribution in [0, 0.1) is 10.1 Å². The molecule has 2 aromatic carbocycles. The molecule has 0 spiro atoms. The van der Waals surface area contributed by atoms with Crippen LogP contribution in [0.4, 0.5) is 11.4 Å². The zero-order valence-electron chi connectivity index (χ0n) is 14.9. The zero-order valence-corrected chi connectivity index (χ0v) is 16.6. The van der Waals surface area contributed by atoms with Gasteiger partial charge in [0.05, 0.1) is 21.0 Å². The summed E-state index contributed by atoms with van der Waals surface area (Å²) in [5.74, 6) is -0.732. The van der Waals surface area contributed by atoms with Gasteiger partial charge in [0, 0.05) is 22.7 Å². The number of carbonyl (C=O) groups excluding carboxylic acids is 2. The summed E-state index contributed by atoms with van der Waals surface area (Å²) < 4.78 is 6.07. The Kier molecular flexibility index (Phi) is 5.20. The lowest BCUT2D eigenvalue weighted by Crippen LogP contribution is -2.48. The van der Waals surface area contributed by atoms with Crippen molar-refractivity contribution in [2.24, 2.45) is 0 Å². The van der Waals surface area contributed by atoms with Crippen LogP contribution in [0.15, 0.2) is 63.4 Å². The Labute approximate surface area is 174 Å². The summed E-state index contributed by atoms with van der Waals surface area (Å²) in [4.78, 5) is 37.3. The van der Waals surface area contributed by atoms with Crippen LogP contribution in [0.25, 0.3) is 0 Å². The van der Waals surface area contributed by atoms with E-state index in [0.717, 1.165) is 4.90 Å². The number of β-lactam (4-membered cyclic amide) rings is 1. The van der Waals surface area contributed by atoms with Crippen LogP contribution in [0.2, 0.25) is 0 Å². The third-order valence-corrected chi connectivity index (χ3v) is 6.98. The second-order valence-corrected chi connectivity index (χ2v) is 8.81. The zero-order chi connectivity index (χ0) is 20.5. The van der Waals surface area contributed by atoms with Gasteiger partial charge in [-0.2, -0.15) is 0 Å². The number of nitro groups is 1. The van der Waals surface area contributed by atoms with Crippen LogP contribution in [0.1, 0.15) is 12.0 Å². The van der Waals surface area contributed by atoms with Crippen LogP contribution in [-0.2, 0) is 20.9 Å². The molecule has 29 heavy (non-hydrogen) atoms. The van der Waals surface area contributed by atoms with Crippen molar-refractivity contribution in [2.75, 3.05) is 5.73 Å². The van der Waals surface area contributed by atoms with E-state index in [-0.39, 0.29) is 29.3 Å². The third kappa shape index (κ3) is 3.81. The average Bonchev–Trinajstić information content (AvgIpc) is 3.00. The molecule has 1 amide bonds. The van der Waals surface area contributed by atoms with Gasteiger partial charge in [-0.25, -0.2) is 4.79 Å². The fourth-order valence-corrected chi connectivity index (χ4v) is 5.59. The molecule has 8 nitrogen and oxygen atoms in total. The van der Waals surface area contributed by atoms with Crippen LogP contribution in [-0.4, -0.2) is 27.1 Å². The van der Waals surface area contributed by atoms with Gasteiger partial charge in [0.15, 0.2) is 5.70 Å². The number of rotatable bonds is 6. The summed E-state index contributed by atoms with van der Waals surface area (Å²) in [5.41, 5.74) is 7.39. The minimum Gasteiger partial charge on any atom is -0.456 e. The maximum atomic E-state index is 12.8. The Balaban J connectivity index is 1.52. The summed E-state index contributed by atoms with van der Waals surface area (Å²) in [5, 5.41) is 10.6. The quantitative estimate of drug-likeness (QED) is 0.244. The number of nitrogens with zero attached hydrogens (tertiary/aromatic N) is 2. The fourth-order valence-electron chi connectivity index (χ4n) is 2.89. The lowest BCUT2D eigenvalue weighted by Gasteiger charge is -2.34. The predicted molar refractivity (Wildman–Crippen MR) is 109 cm³/mol. The highest BCUT2D eigenvalue weighted by molar-refractivity contribution is 8.22. The molecule has 10 heteroatoms. The standard InChI is InChI=1S/C19H15N3O5S2/c20-13-3-1-2-4-14(13)28-19-17(21-15(23)9-16(21)29-19)18(24)27-10-11-5-7-12(8-6-11)22(25)26/h1-8,16H,9-10,20H2/t16-/m1/s1. The van der Waals surface area contributed by atoms with Crippen LogP contribution in [0.5, 0.6) is 0 Å². The molecule has 2 aromatic rings. The normalized spacial score (nSPS) is 17.7. The summed E-state index contributed by atoms with van der Waals surface area (Å²) in [6.45, 7) is -0.0525. The molecule has 0 aromatic heterocycles. The van der Waals surface area contributed by atoms with Crippen LogP contribution in [0.3, 0.4) is 0 Å². The van der Waals surface area contributed by atoms with E-state index >= 15 is 0 Å². The van der Waals surface area contributed by atoms with E-state index in [1.807, 2.05) is 18.2 Å². The highest BCUT2D eigenvalue weighted by atomic mass is 32.2. The minimum absolute atomic E-state index is 0.0388. The molecule has 1 atom stereocenters. The van der Waals surface area contributed by atoms with Crippen LogP contribution >= 0.6 is 23.5 Å². The van der Waals surface area contributed by atoms with E-state index in [9.17, 15) is 19.7 Å². The molecular weight excluding hydrogens is 414 g/mol. The Morgan fingerprint density at radius 1 is 1.28 bits per heavy atom. The number of carbonyl (C=O) groups is 2. The molecule has 2 heterocycles. The molecule has 0 aliphatic carbocycles. The molecular formula is C19H15N3O5S2. The number of nitrogens with two attached hydrogens (primary N) is 1. The molecule has 2 aliphatic rings. The van der Waals surface area contributed by atoms with Crippen molar-refractivity contribution in [1.82, 2.24) is 4.90 Å². The molecule has 0 saturated carbocycles. The predicted octanol–water partition coefficient (Wildman–Crippen LogP) is 3.49. The molecule has 1 saturated heterocycles. The van der Waals surface area contributed by atoms with Crippen molar-refractivity contribution in [3.05, 3.63) is 74.1 Å². The van der Waals surface area contributed by atoms with Gasteiger partial charge in [0.25, 0.3) is 5.69 Å². The number of ether oxygens (including phenoxy) is 1. The van der Waals surface area contributed by atoms with Crippen molar-refractivity contribution >= 4 is 46.8 Å². The highest BCUT2D eigenvalue weighted by Gasteiger charge is 2.49. The lowest BCUT2D eigenvalue weighted by molar-refractivity contribution is -0.384. The number of nitro benzene ring substituents is 1. The first-order valence-electron chi connectivity index (χ1n) is 8.60. The topological polar surface area (TPSA) is 116 Å². The maximum Gasteiger partial charge on any atom is 0.357 e. The Morgan fingerprint density at radius 2 is 2.00 bits per heavy atom. The number of thioether (sulfide) groups is 2. The van der Waals surface area contributed by atoms with Gasteiger partial charge < -0.3 is 10.5 Å². The van der Waals surface area contributed by atoms with E-state index in [0.29, 0.717) is 21.9 Å². The molecule has 1 fully saturated rings. The second kappa shape index (κ2) is 7.80. The Hall–Kier alpha value is -2.98. The Morgan fingerprint density at radius 3 is 2.66 bits per heavy atom. The lowest BCUT2D eigenvalue weighted by atomic mass is 10.2. The molecule has 0 bridgehead atoms. The third-order valence-electron chi connectivity index (χ3n) is 4.42. The number of benzene rings is 2. The monoisotopic (exact) mass is 429 g/mol. The van der Waals surface area contributed by atoms with Crippen molar-refractivity contribution in [2.45, 2.75) is 23.3 Å². The van der Waals surface area contributed by atoms with E-state index < -0.39 is 10.9 Å². The number of hydrogen-bond acceptors (Lipinski definition) is 8. The number of fused-ring (bicyclic) bond motifs is 1. The van der Waals surface area contributed by atoms with Gasteiger partial charge in [-0.3, -0.25) is 19.8 Å². The van der Waals surface area contributed by atoms with Crippen molar-refractivity contribution in [1.29, 1.82) is 0 Å². The van der Waals surface area contributed by atoms with Crippen molar-refractivity contribution in [3.63, 3.8) is 0 Å². The van der Waals surface area contributed by atoms with Crippen molar-refractivity contribution in [3.8, 4) is 0 Å². The van der Waals surface area contributed by atoms with E-state index in [2.05, 4.69) is 0 Å². The first kappa shape index (κ1) is 19.3. The van der Waals surface area contributed by atoms with E-state index in [1.54, 1.807) is 6.07 Å². The summed E-state index contributed by atoms with van der Waals surface area (Å²) in [7, 11) is 0. The highest BCUT2D eigenvalue weighted by Crippen LogP contribution is 2.53. The molecule has 4 rings (SSSR count). The average molecular weight is 429 g/mol. The molecule has 0 radical (unpaired) electrons. The van der Waals surface area contributed by atoms with Crippen LogP contribution < -0.4 is 5.73 Å². The maximum absolute atomic E-state index is 12.8. The SMILES string of the molecule is Nc1ccccc1SC1=C(C(=O)OCc2ccc([N+](=O)[O-])cc2)N2C(=O)C[C@H]2S1. The fraction of sp³-hybridized carbons (Fsp3) is 0.158. The van der Waals surface area contributed by atoms with Gasteiger partial charge in [-0.05, 0) is 29.8 Å². The number of hydrogen-bond donors (Lipinski definition) is 1. The smallest absolute Gasteiger partial charge is 0.357 e. The first-order chi connectivity index (χ1) is 13.9. The van der Waals surface area contributed by atoms with Crippen molar-refractivity contribution < 1.29 is 19.2 Å². The molecule has 148 valence electrons. The summed E-state index contributed by atoms with van der Waals surface area (Å²) >= 11 is 2.79. The minimum atomic E-state index is -0.608. The largest absolute Gasteiger partial charge is 0.456 e. The number of nitrogen functional groups attached to an aromatic ring is 1. The number of anilines is 1. The van der Waals surface area contributed by atoms with E-state index in [4.69, 9.17) is 10.5 Å². The molecule has 2 N–H and O–H groups in total. The number of amides is 1. The summed E-state index contributed by atoms with van der Waals surface area (Å²) in [6.07, 6.45) is 0.373.